The molecule has 0 radical (unpaired) electrons. The van der Waals surface area contributed by atoms with Gasteiger partial charge in [-0.3, -0.25) is 4.98 Å². The molecule has 2 aromatic rings. The molecule has 1 aromatic carbocycles. The highest BCUT2D eigenvalue weighted by molar-refractivity contribution is 6.31. The quantitative estimate of drug-likeness (QED) is 0.882. The minimum Gasteiger partial charge on any atom is -0.494 e. The molecule has 5 heteroatoms. The molecule has 0 bridgehead atoms. The molecule has 1 heterocycles. The SMILES string of the molecule is CCNC(Cc1ccncc1Cl)c1ccc(F)c(OC)c1. The first-order valence-electron chi connectivity index (χ1n) is 6.81. The average Bonchev–Trinajstić information content (AvgIpc) is 2.49. The first-order chi connectivity index (χ1) is 10.2. The predicted octanol–water partition coefficient (Wildman–Crippen LogP) is 3.78. The van der Waals surface area contributed by atoms with Crippen molar-refractivity contribution in [2.75, 3.05) is 13.7 Å². The van der Waals surface area contributed by atoms with Crippen molar-refractivity contribution < 1.29 is 9.13 Å². The van der Waals surface area contributed by atoms with E-state index in [4.69, 9.17) is 16.3 Å². The summed E-state index contributed by atoms with van der Waals surface area (Å²) in [5.41, 5.74) is 1.96. The number of hydrogen-bond acceptors (Lipinski definition) is 3. The van der Waals surface area contributed by atoms with Crippen LogP contribution in [0.5, 0.6) is 5.75 Å². The Bertz CT molecular complexity index is 607. The van der Waals surface area contributed by atoms with Crippen LogP contribution in [0.4, 0.5) is 4.39 Å². The molecule has 0 fully saturated rings. The van der Waals surface area contributed by atoms with Crippen LogP contribution in [0.25, 0.3) is 0 Å². The number of pyridine rings is 1. The van der Waals surface area contributed by atoms with E-state index in [1.54, 1.807) is 24.5 Å². The Hall–Kier alpha value is -1.65. The normalized spacial score (nSPS) is 12.2. The number of aromatic nitrogens is 1. The van der Waals surface area contributed by atoms with E-state index in [1.165, 1.54) is 13.2 Å². The number of nitrogens with zero attached hydrogens (tertiary/aromatic N) is 1. The highest BCUT2D eigenvalue weighted by atomic mass is 35.5. The van der Waals surface area contributed by atoms with Gasteiger partial charge in [0.15, 0.2) is 11.6 Å². The molecular formula is C16H18ClFN2O. The van der Waals surface area contributed by atoms with Crippen LogP contribution in [0, 0.1) is 5.82 Å². The summed E-state index contributed by atoms with van der Waals surface area (Å²) in [6.07, 6.45) is 4.05. The van der Waals surface area contributed by atoms with E-state index in [9.17, 15) is 4.39 Å². The van der Waals surface area contributed by atoms with Gasteiger partial charge < -0.3 is 10.1 Å². The summed E-state index contributed by atoms with van der Waals surface area (Å²) >= 11 is 6.16. The topological polar surface area (TPSA) is 34.2 Å². The van der Waals surface area contributed by atoms with Gasteiger partial charge in [0.25, 0.3) is 0 Å². The van der Waals surface area contributed by atoms with Crippen molar-refractivity contribution in [3.63, 3.8) is 0 Å². The molecule has 0 aliphatic carbocycles. The molecule has 0 aliphatic heterocycles. The number of benzene rings is 1. The molecule has 3 nitrogen and oxygen atoms in total. The zero-order chi connectivity index (χ0) is 15.2. The predicted molar refractivity (Wildman–Crippen MR) is 82.3 cm³/mol. The first kappa shape index (κ1) is 15.7. The van der Waals surface area contributed by atoms with Crippen molar-refractivity contribution in [3.05, 3.63) is 58.6 Å². The van der Waals surface area contributed by atoms with E-state index >= 15 is 0 Å². The lowest BCUT2D eigenvalue weighted by Crippen LogP contribution is -2.23. The van der Waals surface area contributed by atoms with Crippen molar-refractivity contribution in [2.45, 2.75) is 19.4 Å². The van der Waals surface area contributed by atoms with Crippen LogP contribution >= 0.6 is 11.6 Å². The van der Waals surface area contributed by atoms with Crippen LogP contribution in [0.2, 0.25) is 5.02 Å². The van der Waals surface area contributed by atoms with Gasteiger partial charge in [-0.15, -0.1) is 0 Å². The minimum absolute atomic E-state index is 0.0319. The van der Waals surface area contributed by atoms with Gasteiger partial charge in [0, 0.05) is 18.4 Å². The summed E-state index contributed by atoms with van der Waals surface area (Å²) in [5, 5.41) is 4.02. The summed E-state index contributed by atoms with van der Waals surface area (Å²) < 4.78 is 18.6. The molecule has 112 valence electrons. The Morgan fingerprint density at radius 3 is 2.86 bits per heavy atom. The molecule has 0 aliphatic rings. The summed E-state index contributed by atoms with van der Waals surface area (Å²) in [6.45, 7) is 2.83. The number of methoxy groups -OCH3 is 1. The number of nitrogens with one attached hydrogen (secondary N) is 1. The summed E-state index contributed by atoms with van der Waals surface area (Å²) in [7, 11) is 1.46. The zero-order valence-corrected chi connectivity index (χ0v) is 12.8. The first-order valence-corrected chi connectivity index (χ1v) is 7.18. The lowest BCUT2D eigenvalue weighted by Gasteiger charge is -2.20. The fourth-order valence-corrected chi connectivity index (χ4v) is 2.43. The van der Waals surface area contributed by atoms with Crippen LogP contribution < -0.4 is 10.1 Å². The van der Waals surface area contributed by atoms with E-state index in [2.05, 4.69) is 10.3 Å². The van der Waals surface area contributed by atoms with Crippen molar-refractivity contribution in [1.82, 2.24) is 10.3 Å². The third-order valence-electron chi connectivity index (χ3n) is 3.31. The molecule has 1 unspecified atom stereocenters. The lowest BCUT2D eigenvalue weighted by atomic mass is 9.99. The lowest BCUT2D eigenvalue weighted by molar-refractivity contribution is 0.384. The second kappa shape index (κ2) is 7.38. The summed E-state index contributed by atoms with van der Waals surface area (Å²) in [6, 6.07) is 6.84. The average molecular weight is 309 g/mol. The van der Waals surface area contributed by atoms with Gasteiger partial charge in [-0.05, 0) is 42.3 Å². The number of ether oxygens (including phenoxy) is 1. The standard InChI is InChI=1S/C16H18ClFN2O/c1-3-20-15(8-11-6-7-19-10-13(11)17)12-4-5-14(18)16(9-12)21-2/h4-7,9-10,15,20H,3,8H2,1-2H3. The fraction of sp³-hybridized carbons (Fsp3) is 0.312. The Kier molecular flexibility index (Phi) is 5.53. The second-order valence-electron chi connectivity index (χ2n) is 4.68. The van der Waals surface area contributed by atoms with Crippen LogP contribution in [-0.4, -0.2) is 18.6 Å². The Morgan fingerprint density at radius 2 is 2.19 bits per heavy atom. The smallest absolute Gasteiger partial charge is 0.165 e. The van der Waals surface area contributed by atoms with Crippen LogP contribution in [0.3, 0.4) is 0 Å². The summed E-state index contributed by atoms with van der Waals surface area (Å²) in [5.74, 6) is -0.116. The molecular weight excluding hydrogens is 291 g/mol. The van der Waals surface area contributed by atoms with Gasteiger partial charge in [-0.1, -0.05) is 24.6 Å². The van der Waals surface area contributed by atoms with Crippen LogP contribution in [0.15, 0.2) is 36.7 Å². The molecule has 21 heavy (non-hydrogen) atoms. The fourth-order valence-electron chi connectivity index (χ4n) is 2.24. The maximum absolute atomic E-state index is 13.5. The molecule has 0 amide bonds. The minimum atomic E-state index is -0.363. The number of rotatable bonds is 6. The third-order valence-corrected chi connectivity index (χ3v) is 3.65. The zero-order valence-electron chi connectivity index (χ0n) is 12.1. The van der Waals surface area contributed by atoms with Crippen molar-refractivity contribution >= 4 is 11.6 Å². The maximum atomic E-state index is 13.5. The molecule has 2 rings (SSSR count). The number of likely N-dealkylation sites (N-methyl/N-ethyl adjacent to an activating group) is 1. The number of hydrogen-bond donors (Lipinski definition) is 1. The molecule has 0 spiro atoms. The Labute approximate surface area is 129 Å². The van der Waals surface area contributed by atoms with Crippen LogP contribution in [-0.2, 0) is 6.42 Å². The molecule has 0 saturated heterocycles. The second-order valence-corrected chi connectivity index (χ2v) is 5.08. The van der Waals surface area contributed by atoms with E-state index in [-0.39, 0.29) is 17.6 Å². The van der Waals surface area contributed by atoms with Crippen LogP contribution in [0.1, 0.15) is 24.1 Å². The molecule has 1 aromatic heterocycles. The van der Waals surface area contributed by atoms with Gasteiger partial charge in [0.2, 0.25) is 0 Å². The van der Waals surface area contributed by atoms with Crippen molar-refractivity contribution in [2.24, 2.45) is 0 Å². The summed E-state index contributed by atoms with van der Waals surface area (Å²) in [4.78, 5) is 3.99. The van der Waals surface area contributed by atoms with Crippen molar-refractivity contribution in [3.8, 4) is 5.75 Å². The van der Waals surface area contributed by atoms with Gasteiger partial charge in [0.05, 0.1) is 12.1 Å². The third kappa shape index (κ3) is 3.93. The Balaban J connectivity index is 2.28. The van der Waals surface area contributed by atoms with Gasteiger partial charge >= 0.3 is 0 Å². The highest BCUT2D eigenvalue weighted by Gasteiger charge is 2.15. The van der Waals surface area contributed by atoms with Gasteiger partial charge in [0.1, 0.15) is 0 Å². The molecule has 1 atom stereocenters. The maximum Gasteiger partial charge on any atom is 0.165 e. The number of halogens is 2. The molecule has 1 N–H and O–H groups in total. The van der Waals surface area contributed by atoms with E-state index in [1.807, 2.05) is 13.0 Å². The Morgan fingerprint density at radius 1 is 1.38 bits per heavy atom. The monoisotopic (exact) mass is 308 g/mol. The highest BCUT2D eigenvalue weighted by Crippen LogP contribution is 2.26. The van der Waals surface area contributed by atoms with E-state index < -0.39 is 0 Å². The largest absolute Gasteiger partial charge is 0.494 e. The van der Waals surface area contributed by atoms with Gasteiger partial charge in [-0.2, -0.15) is 0 Å². The van der Waals surface area contributed by atoms with E-state index in [0.29, 0.717) is 11.4 Å². The van der Waals surface area contributed by atoms with Crippen molar-refractivity contribution in [1.29, 1.82) is 0 Å². The molecule has 0 saturated carbocycles. The van der Waals surface area contributed by atoms with Gasteiger partial charge in [-0.25, -0.2) is 4.39 Å². The van der Waals surface area contributed by atoms with E-state index in [0.717, 1.165) is 17.7 Å².